The Bertz CT molecular complexity index is 190. The minimum atomic E-state index is -0.625. The van der Waals surface area contributed by atoms with Crippen LogP contribution in [0.15, 0.2) is 0 Å². The van der Waals surface area contributed by atoms with Crippen LogP contribution in [0.25, 0.3) is 0 Å². The van der Waals surface area contributed by atoms with Gasteiger partial charge in [-0.2, -0.15) is 0 Å². The molecule has 0 aromatic heterocycles. The summed E-state index contributed by atoms with van der Waals surface area (Å²) in [5.74, 6) is -0.201. The summed E-state index contributed by atoms with van der Waals surface area (Å²) in [5.41, 5.74) is 0. The highest BCUT2D eigenvalue weighted by atomic mass is 16.5. The van der Waals surface area contributed by atoms with Crippen LogP contribution in [0.2, 0.25) is 0 Å². The molecule has 1 aliphatic heterocycles. The predicted molar refractivity (Wildman–Crippen MR) is 42.8 cm³/mol. The first-order valence-corrected chi connectivity index (χ1v) is 4.62. The number of hydrogen-bond acceptors (Lipinski definition) is 2. The van der Waals surface area contributed by atoms with Crippen molar-refractivity contribution in [2.45, 2.75) is 31.8 Å². The van der Waals surface area contributed by atoms with Crippen LogP contribution < -0.4 is 0 Å². The Morgan fingerprint density at radius 1 is 1.33 bits per heavy atom. The number of rotatable bonds is 1. The zero-order chi connectivity index (χ0) is 8.55. The fraction of sp³-hybridized carbons (Fsp3) is 0.889. The second-order valence-electron chi connectivity index (χ2n) is 3.81. The average molecular weight is 170 g/mol. The summed E-state index contributed by atoms with van der Waals surface area (Å²) < 4.78 is 5.49. The molecule has 1 saturated carbocycles. The molecule has 1 saturated heterocycles. The molecule has 1 N–H and O–H groups in total. The Hall–Kier alpha value is -0.570. The Labute approximate surface area is 71.7 Å². The maximum absolute atomic E-state index is 10.7. The molecule has 0 aromatic carbocycles. The first-order chi connectivity index (χ1) is 5.77. The van der Waals surface area contributed by atoms with Gasteiger partial charge >= 0.3 is 5.97 Å². The second-order valence-corrected chi connectivity index (χ2v) is 3.81. The molecular weight excluding hydrogens is 156 g/mol. The second kappa shape index (κ2) is 3.05. The van der Waals surface area contributed by atoms with Gasteiger partial charge < -0.3 is 9.84 Å². The molecular formula is C9H14O3. The van der Waals surface area contributed by atoms with E-state index in [1.165, 1.54) is 0 Å². The fourth-order valence-electron chi connectivity index (χ4n) is 2.35. The normalized spacial score (nSPS) is 40.8. The first-order valence-electron chi connectivity index (χ1n) is 4.62. The van der Waals surface area contributed by atoms with Crippen molar-refractivity contribution in [2.24, 2.45) is 11.8 Å². The molecule has 0 bridgehead atoms. The van der Waals surface area contributed by atoms with Crippen molar-refractivity contribution < 1.29 is 14.6 Å². The van der Waals surface area contributed by atoms with Gasteiger partial charge in [-0.05, 0) is 31.6 Å². The lowest BCUT2D eigenvalue weighted by Gasteiger charge is -2.28. The Morgan fingerprint density at radius 3 is 2.92 bits per heavy atom. The minimum Gasteiger partial charge on any atom is -0.481 e. The molecule has 2 rings (SSSR count). The van der Waals surface area contributed by atoms with Gasteiger partial charge in [-0.25, -0.2) is 0 Å². The quantitative estimate of drug-likeness (QED) is 0.644. The molecule has 3 nitrogen and oxygen atoms in total. The number of carboxylic acids is 1. The Kier molecular flexibility index (Phi) is 2.05. The maximum atomic E-state index is 10.7. The number of ether oxygens (including phenoxy) is 1. The van der Waals surface area contributed by atoms with E-state index in [9.17, 15) is 4.79 Å². The fourth-order valence-corrected chi connectivity index (χ4v) is 2.35. The zero-order valence-corrected chi connectivity index (χ0v) is 7.03. The molecule has 0 spiro atoms. The molecule has 1 aliphatic carbocycles. The van der Waals surface area contributed by atoms with Crippen LogP contribution in [0.5, 0.6) is 0 Å². The van der Waals surface area contributed by atoms with Crippen molar-refractivity contribution in [3.63, 3.8) is 0 Å². The minimum absolute atomic E-state index is 0.104. The van der Waals surface area contributed by atoms with Crippen LogP contribution in [0, 0.1) is 11.8 Å². The SMILES string of the molecule is O=C(O)[C@@H]1CC[C@H]2OCC[C@H]2C1. The van der Waals surface area contributed by atoms with Crippen LogP contribution in [0.3, 0.4) is 0 Å². The third-order valence-electron chi connectivity index (χ3n) is 3.08. The highest BCUT2D eigenvalue weighted by Gasteiger charge is 2.37. The summed E-state index contributed by atoms with van der Waals surface area (Å²) in [5, 5.41) is 8.82. The lowest BCUT2D eigenvalue weighted by Crippen LogP contribution is -2.29. The van der Waals surface area contributed by atoms with Gasteiger partial charge in [-0.15, -0.1) is 0 Å². The van der Waals surface area contributed by atoms with E-state index in [1.807, 2.05) is 0 Å². The summed E-state index contributed by atoms with van der Waals surface area (Å²) in [4.78, 5) is 10.7. The number of fused-ring (bicyclic) bond motifs is 1. The van der Waals surface area contributed by atoms with Gasteiger partial charge in [0.1, 0.15) is 0 Å². The summed E-state index contributed by atoms with van der Waals surface area (Å²) in [6.45, 7) is 0.835. The maximum Gasteiger partial charge on any atom is 0.306 e. The first kappa shape index (κ1) is 8.05. The van der Waals surface area contributed by atoms with E-state index in [4.69, 9.17) is 9.84 Å². The topological polar surface area (TPSA) is 46.5 Å². The largest absolute Gasteiger partial charge is 0.481 e. The molecule has 0 unspecified atom stereocenters. The highest BCUT2D eigenvalue weighted by molar-refractivity contribution is 5.70. The number of hydrogen-bond donors (Lipinski definition) is 1. The van der Waals surface area contributed by atoms with Crippen molar-refractivity contribution in [1.29, 1.82) is 0 Å². The predicted octanol–water partition coefficient (Wildman–Crippen LogP) is 1.28. The van der Waals surface area contributed by atoms with Gasteiger partial charge in [-0.3, -0.25) is 4.79 Å². The van der Waals surface area contributed by atoms with Gasteiger partial charge in [0.2, 0.25) is 0 Å². The van der Waals surface area contributed by atoms with Crippen molar-refractivity contribution in [3.05, 3.63) is 0 Å². The number of carbonyl (C=O) groups is 1. The lowest BCUT2D eigenvalue weighted by molar-refractivity contribution is -0.144. The van der Waals surface area contributed by atoms with E-state index < -0.39 is 5.97 Å². The molecule has 3 heteroatoms. The smallest absolute Gasteiger partial charge is 0.306 e. The number of aliphatic carboxylic acids is 1. The molecule has 0 aromatic rings. The van der Waals surface area contributed by atoms with E-state index in [0.717, 1.165) is 32.3 Å². The highest BCUT2D eigenvalue weighted by Crippen LogP contribution is 2.37. The number of carboxylic acid groups (broad SMARTS) is 1. The monoisotopic (exact) mass is 170 g/mol. The van der Waals surface area contributed by atoms with Crippen molar-refractivity contribution in [2.75, 3.05) is 6.61 Å². The van der Waals surface area contributed by atoms with Crippen LogP contribution in [-0.4, -0.2) is 23.8 Å². The van der Waals surface area contributed by atoms with E-state index in [0.29, 0.717) is 12.0 Å². The molecule has 2 fully saturated rings. The van der Waals surface area contributed by atoms with Crippen LogP contribution in [0.4, 0.5) is 0 Å². The third kappa shape index (κ3) is 1.33. The average Bonchev–Trinajstić information content (AvgIpc) is 2.49. The van der Waals surface area contributed by atoms with Crippen molar-refractivity contribution in [1.82, 2.24) is 0 Å². The summed E-state index contributed by atoms with van der Waals surface area (Å²) in [7, 11) is 0. The van der Waals surface area contributed by atoms with Crippen LogP contribution in [0.1, 0.15) is 25.7 Å². The molecule has 0 radical (unpaired) electrons. The van der Waals surface area contributed by atoms with E-state index in [1.54, 1.807) is 0 Å². The molecule has 1 heterocycles. The molecule has 68 valence electrons. The van der Waals surface area contributed by atoms with Gasteiger partial charge in [0.05, 0.1) is 12.0 Å². The molecule has 12 heavy (non-hydrogen) atoms. The molecule has 3 atom stereocenters. The van der Waals surface area contributed by atoms with Gasteiger partial charge in [0.25, 0.3) is 0 Å². The summed E-state index contributed by atoms with van der Waals surface area (Å²) in [6.07, 6.45) is 4.02. The van der Waals surface area contributed by atoms with Crippen LogP contribution in [-0.2, 0) is 9.53 Å². The zero-order valence-electron chi connectivity index (χ0n) is 7.03. The van der Waals surface area contributed by atoms with E-state index in [2.05, 4.69) is 0 Å². The summed E-state index contributed by atoms with van der Waals surface area (Å²) in [6, 6.07) is 0. The third-order valence-corrected chi connectivity index (χ3v) is 3.08. The Balaban J connectivity index is 1.96. The lowest BCUT2D eigenvalue weighted by atomic mass is 9.79. The van der Waals surface area contributed by atoms with Gasteiger partial charge in [-0.1, -0.05) is 0 Å². The van der Waals surface area contributed by atoms with E-state index >= 15 is 0 Å². The summed E-state index contributed by atoms with van der Waals surface area (Å²) >= 11 is 0. The van der Waals surface area contributed by atoms with Crippen LogP contribution >= 0.6 is 0 Å². The standard InChI is InChI=1S/C9H14O3/c10-9(11)7-1-2-8-6(5-7)3-4-12-8/h6-8H,1-5H2,(H,10,11)/t6-,7+,8+/m0/s1. The van der Waals surface area contributed by atoms with Gasteiger partial charge in [0, 0.05) is 6.61 Å². The molecule has 2 aliphatic rings. The van der Waals surface area contributed by atoms with Gasteiger partial charge in [0.15, 0.2) is 0 Å². The van der Waals surface area contributed by atoms with E-state index in [-0.39, 0.29) is 5.92 Å². The van der Waals surface area contributed by atoms with Crippen molar-refractivity contribution in [3.8, 4) is 0 Å². The van der Waals surface area contributed by atoms with Crippen molar-refractivity contribution >= 4 is 5.97 Å². The Morgan fingerprint density at radius 2 is 2.17 bits per heavy atom. The molecule has 0 amide bonds.